The van der Waals surface area contributed by atoms with Gasteiger partial charge >= 0.3 is 0 Å². The molecular formula is C11H18N4O. The number of rotatable bonds is 2. The molecule has 88 valence electrons. The van der Waals surface area contributed by atoms with E-state index in [1.54, 1.807) is 12.4 Å². The van der Waals surface area contributed by atoms with Crippen LogP contribution in [-0.4, -0.2) is 35.8 Å². The minimum Gasteiger partial charge on any atom is -0.377 e. The first kappa shape index (κ1) is 11.3. The SMILES string of the molecule is CC1CN(c2nccnc2CN)CCCO1. The molecule has 1 aromatic rings. The summed E-state index contributed by atoms with van der Waals surface area (Å²) in [6.07, 6.45) is 4.65. The monoisotopic (exact) mass is 222 g/mol. The summed E-state index contributed by atoms with van der Waals surface area (Å²) in [5.74, 6) is 0.905. The molecule has 2 heterocycles. The average Bonchev–Trinajstić information content (AvgIpc) is 2.54. The van der Waals surface area contributed by atoms with Gasteiger partial charge in [0.2, 0.25) is 0 Å². The number of ether oxygens (including phenoxy) is 1. The van der Waals surface area contributed by atoms with Gasteiger partial charge in [0.05, 0.1) is 11.8 Å². The Hall–Kier alpha value is -1.20. The molecule has 1 unspecified atom stereocenters. The van der Waals surface area contributed by atoms with Gasteiger partial charge in [-0.3, -0.25) is 4.98 Å². The number of aromatic nitrogens is 2. The van der Waals surface area contributed by atoms with Crippen LogP contribution in [0.1, 0.15) is 19.0 Å². The van der Waals surface area contributed by atoms with Crippen LogP contribution >= 0.6 is 0 Å². The number of nitrogens with zero attached hydrogens (tertiary/aromatic N) is 3. The maximum absolute atomic E-state index is 5.67. The summed E-state index contributed by atoms with van der Waals surface area (Å²) in [5, 5.41) is 0. The summed E-state index contributed by atoms with van der Waals surface area (Å²) in [4.78, 5) is 10.9. The molecule has 0 spiro atoms. The molecule has 0 radical (unpaired) electrons. The Bertz CT molecular complexity index is 345. The molecule has 1 fully saturated rings. The normalized spacial score (nSPS) is 21.9. The van der Waals surface area contributed by atoms with Crippen molar-refractivity contribution >= 4 is 5.82 Å². The number of nitrogens with two attached hydrogens (primary N) is 1. The van der Waals surface area contributed by atoms with Crippen LogP contribution in [0.15, 0.2) is 12.4 Å². The van der Waals surface area contributed by atoms with Crippen molar-refractivity contribution in [3.63, 3.8) is 0 Å². The van der Waals surface area contributed by atoms with Gasteiger partial charge in [-0.2, -0.15) is 0 Å². The van der Waals surface area contributed by atoms with Crippen molar-refractivity contribution in [2.45, 2.75) is 26.0 Å². The van der Waals surface area contributed by atoms with Gasteiger partial charge in [-0.05, 0) is 13.3 Å². The Morgan fingerprint density at radius 1 is 1.50 bits per heavy atom. The smallest absolute Gasteiger partial charge is 0.151 e. The van der Waals surface area contributed by atoms with Gasteiger partial charge in [-0.25, -0.2) is 4.98 Å². The van der Waals surface area contributed by atoms with Gasteiger partial charge in [0.1, 0.15) is 0 Å². The Labute approximate surface area is 95.6 Å². The van der Waals surface area contributed by atoms with E-state index in [-0.39, 0.29) is 6.10 Å². The summed E-state index contributed by atoms with van der Waals surface area (Å²) in [6, 6.07) is 0. The molecule has 1 aliphatic heterocycles. The molecule has 5 nitrogen and oxygen atoms in total. The highest BCUT2D eigenvalue weighted by Crippen LogP contribution is 2.17. The van der Waals surface area contributed by atoms with E-state index in [0.717, 1.165) is 37.6 Å². The van der Waals surface area contributed by atoms with E-state index in [4.69, 9.17) is 10.5 Å². The van der Waals surface area contributed by atoms with E-state index in [1.807, 2.05) is 0 Å². The van der Waals surface area contributed by atoms with Crippen LogP contribution in [-0.2, 0) is 11.3 Å². The molecule has 2 N–H and O–H groups in total. The molecule has 0 amide bonds. The van der Waals surface area contributed by atoms with Crippen molar-refractivity contribution in [3.05, 3.63) is 18.1 Å². The van der Waals surface area contributed by atoms with Crippen molar-refractivity contribution in [2.24, 2.45) is 5.73 Å². The molecule has 0 aliphatic carbocycles. The zero-order chi connectivity index (χ0) is 11.4. The lowest BCUT2D eigenvalue weighted by Crippen LogP contribution is -2.32. The topological polar surface area (TPSA) is 64.3 Å². The first-order valence-electron chi connectivity index (χ1n) is 5.67. The van der Waals surface area contributed by atoms with E-state index in [2.05, 4.69) is 21.8 Å². The molecule has 2 rings (SSSR count). The van der Waals surface area contributed by atoms with E-state index >= 15 is 0 Å². The van der Waals surface area contributed by atoms with Crippen molar-refractivity contribution in [2.75, 3.05) is 24.6 Å². The third-order valence-corrected chi connectivity index (χ3v) is 2.70. The van der Waals surface area contributed by atoms with Crippen molar-refractivity contribution < 1.29 is 4.74 Å². The highest BCUT2D eigenvalue weighted by molar-refractivity contribution is 5.43. The van der Waals surface area contributed by atoms with Crippen LogP contribution in [0.25, 0.3) is 0 Å². The van der Waals surface area contributed by atoms with Gasteiger partial charge in [-0.15, -0.1) is 0 Å². The van der Waals surface area contributed by atoms with Crippen LogP contribution in [0.2, 0.25) is 0 Å². The molecule has 0 saturated carbocycles. The van der Waals surface area contributed by atoms with E-state index in [0.29, 0.717) is 6.54 Å². The molecule has 0 aromatic carbocycles. The quantitative estimate of drug-likeness (QED) is 0.791. The van der Waals surface area contributed by atoms with Crippen molar-refractivity contribution in [1.82, 2.24) is 9.97 Å². The highest BCUT2D eigenvalue weighted by Gasteiger charge is 2.18. The summed E-state index contributed by atoms with van der Waals surface area (Å²) in [5.41, 5.74) is 6.53. The standard InChI is InChI=1S/C11H18N4O/c1-9-8-15(5-2-6-16-9)11-10(7-12)13-3-4-14-11/h3-4,9H,2,5-8,12H2,1H3. The predicted octanol–water partition coefficient (Wildman–Crippen LogP) is 0.551. The molecule has 1 saturated heterocycles. The number of anilines is 1. The van der Waals surface area contributed by atoms with E-state index in [9.17, 15) is 0 Å². The first-order valence-corrected chi connectivity index (χ1v) is 5.67. The van der Waals surface area contributed by atoms with Crippen molar-refractivity contribution in [3.8, 4) is 0 Å². The molecule has 1 atom stereocenters. The summed E-state index contributed by atoms with van der Waals surface area (Å²) in [6.45, 7) is 5.13. The second-order valence-corrected chi connectivity index (χ2v) is 4.01. The fourth-order valence-corrected chi connectivity index (χ4v) is 1.95. The molecule has 1 aromatic heterocycles. The molecule has 16 heavy (non-hydrogen) atoms. The zero-order valence-electron chi connectivity index (χ0n) is 9.59. The van der Waals surface area contributed by atoms with Gasteiger partial charge in [0.15, 0.2) is 5.82 Å². The molecule has 5 heteroatoms. The maximum Gasteiger partial charge on any atom is 0.151 e. The lowest BCUT2D eigenvalue weighted by Gasteiger charge is -2.24. The van der Waals surface area contributed by atoms with E-state index in [1.165, 1.54) is 0 Å². The Balaban J connectivity index is 2.20. The predicted molar refractivity (Wildman–Crippen MR) is 62.2 cm³/mol. The summed E-state index contributed by atoms with van der Waals surface area (Å²) in [7, 11) is 0. The molecular weight excluding hydrogens is 204 g/mol. The highest BCUT2D eigenvalue weighted by atomic mass is 16.5. The summed E-state index contributed by atoms with van der Waals surface area (Å²) >= 11 is 0. The summed E-state index contributed by atoms with van der Waals surface area (Å²) < 4.78 is 5.61. The average molecular weight is 222 g/mol. The van der Waals surface area contributed by atoms with Gasteiger partial charge in [0, 0.05) is 38.6 Å². The fraction of sp³-hybridized carbons (Fsp3) is 0.636. The third kappa shape index (κ3) is 2.48. The van der Waals surface area contributed by atoms with Crippen LogP contribution < -0.4 is 10.6 Å². The molecule has 1 aliphatic rings. The Morgan fingerprint density at radius 3 is 3.12 bits per heavy atom. The van der Waals surface area contributed by atoms with Crippen LogP contribution in [0.5, 0.6) is 0 Å². The minimum absolute atomic E-state index is 0.232. The first-order chi connectivity index (χ1) is 7.81. The Kier molecular flexibility index (Phi) is 3.69. The van der Waals surface area contributed by atoms with Crippen molar-refractivity contribution in [1.29, 1.82) is 0 Å². The van der Waals surface area contributed by atoms with Crippen LogP contribution in [0, 0.1) is 0 Å². The molecule has 0 bridgehead atoms. The zero-order valence-corrected chi connectivity index (χ0v) is 9.59. The lowest BCUT2D eigenvalue weighted by atomic mass is 10.3. The fourth-order valence-electron chi connectivity index (χ4n) is 1.95. The van der Waals surface area contributed by atoms with Crippen LogP contribution in [0.3, 0.4) is 0 Å². The van der Waals surface area contributed by atoms with Crippen LogP contribution in [0.4, 0.5) is 5.82 Å². The number of hydrogen-bond donors (Lipinski definition) is 1. The van der Waals surface area contributed by atoms with Gasteiger partial charge in [-0.1, -0.05) is 0 Å². The van der Waals surface area contributed by atoms with E-state index < -0.39 is 0 Å². The maximum atomic E-state index is 5.67. The second kappa shape index (κ2) is 5.23. The largest absolute Gasteiger partial charge is 0.377 e. The Morgan fingerprint density at radius 2 is 2.31 bits per heavy atom. The van der Waals surface area contributed by atoms with Gasteiger partial charge in [0.25, 0.3) is 0 Å². The minimum atomic E-state index is 0.232. The van der Waals surface area contributed by atoms with Gasteiger partial charge < -0.3 is 15.4 Å². The third-order valence-electron chi connectivity index (χ3n) is 2.70. The lowest BCUT2D eigenvalue weighted by molar-refractivity contribution is 0.0820. The number of hydrogen-bond acceptors (Lipinski definition) is 5. The second-order valence-electron chi connectivity index (χ2n) is 4.01.